The van der Waals surface area contributed by atoms with E-state index < -0.39 is 0 Å². The minimum Gasteiger partial charge on any atom is -0.493 e. The summed E-state index contributed by atoms with van der Waals surface area (Å²) in [6.07, 6.45) is 2.98. The average Bonchev–Trinajstić information content (AvgIpc) is 3.20. The summed E-state index contributed by atoms with van der Waals surface area (Å²) in [7, 11) is 1.69. The van der Waals surface area contributed by atoms with E-state index in [0.717, 1.165) is 75.8 Å². The highest BCUT2D eigenvalue weighted by molar-refractivity contribution is 5.46. The Morgan fingerprint density at radius 3 is 2.73 bits per heavy atom. The molecule has 6 heteroatoms. The molecule has 0 bridgehead atoms. The summed E-state index contributed by atoms with van der Waals surface area (Å²) in [5.41, 5.74) is 1.16. The molecule has 142 valence electrons. The molecule has 0 radical (unpaired) electrons. The summed E-state index contributed by atoms with van der Waals surface area (Å²) in [5, 5.41) is 8.73. The molecular formula is C20H29N3O3. The van der Waals surface area contributed by atoms with Crippen molar-refractivity contribution >= 4 is 0 Å². The highest BCUT2D eigenvalue weighted by Crippen LogP contribution is 2.33. The van der Waals surface area contributed by atoms with Gasteiger partial charge in [0.15, 0.2) is 11.5 Å². The largest absolute Gasteiger partial charge is 0.493 e. The van der Waals surface area contributed by atoms with Crippen LogP contribution in [0.15, 0.2) is 18.2 Å². The van der Waals surface area contributed by atoms with Crippen molar-refractivity contribution in [3.05, 3.63) is 23.8 Å². The quantitative estimate of drug-likeness (QED) is 0.710. The summed E-state index contributed by atoms with van der Waals surface area (Å²) < 4.78 is 17.3. The summed E-state index contributed by atoms with van der Waals surface area (Å²) in [4.78, 5) is 4.80. The Bertz CT molecular complexity index is 603. The molecule has 3 rings (SSSR count). The van der Waals surface area contributed by atoms with Gasteiger partial charge in [0.1, 0.15) is 6.61 Å². The molecular weight excluding hydrogens is 330 g/mol. The molecule has 1 aromatic rings. The summed E-state index contributed by atoms with van der Waals surface area (Å²) >= 11 is 0. The molecule has 2 aliphatic heterocycles. The van der Waals surface area contributed by atoms with Gasteiger partial charge in [-0.1, -0.05) is 12.1 Å². The third-order valence-corrected chi connectivity index (χ3v) is 5.12. The van der Waals surface area contributed by atoms with E-state index in [1.165, 1.54) is 0 Å². The van der Waals surface area contributed by atoms with Gasteiger partial charge in [-0.25, -0.2) is 0 Å². The zero-order chi connectivity index (χ0) is 18.2. The third kappa shape index (κ3) is 5.10. The van der Waals surface area contributed by atoms with Crippen molar-refractivity contribution < 1.29 is 14.2 Å². The van der Waals surface area contributed by atoms with Crippen molar-refractivity contribution in [2.45, 2.75) is 31.9 Å². The van der Waals surface area contributed by atoms with Crippen LogP contribution in [0, 0.1) is 11.3 Å². The van der Waals surface area contributed by atoms with E-state index in [4.69, 9.17) is 19.5 Å². The lowest BCUT2D eigenvalue weighted by atomic mass is 10.1. The van der Waals surface area contributed by atoms with Crippen molar-refractivity contribution in [1.82, 2.24) is 9.80 Å². The Morgan fingerprint density at radius 2 is 2.04 bits per heavy atom. The maximum absolute atomic E-state index is 8.73. The minimum absolute atomic E-state index is 0.191. The summed E-state index contributed by atoms with van der Waals surface area (Å²) in [6, 6.07) is 8.32. The Balaban J connectivity index is 1.59. The lowest BCUT2D eigenvalue weighted by molar-refractivity contribution is 0.0658. The van der Waals surface area contributed by atoms with Crippen LogP contribution in [0.4, 0.5) is 0 Å². The Hall–Kier alpha value is -1.81. The lowest BCUT2D eigenvalue weighted by Crippen LogP contribution is -2.46. The van der Waals surface area contributed by atoms with Crippen LogP contribution in [-0.2, 0) is 11.3 Å². The molecule has 1 atom stereocenters. The van der Waals surface area contributed by atoms with Crippen LogP contribution in [-0.4, -0.2) is 69.0 Å². The topological polar surface area (TPSA) is 58.0 Å². The van der Waals surface area contributed by atoms with Crippen LogP contribution in [0.3, 0.4) is 0 Å². The molecule has 6 nitrogen and oxygen atoms in total. The zero-order valence-electron chi connectivity index (χ0n) is 15.7. The van der Waals surface area contributed by atoms with Gasteiger partial charge in [0.05, 0.1) is 19.3 Å². The molecule has 2 saturated heterocycles. The van der Waals surface area contributed by atoms with Crippen molar-refractivity contribution in [3.63, 3.8) is 0 Å². The van der Waals surface area contributed by atoms with E-state index in [9.17, 15) is 0 Å². The van der Waals surface area contributed by atoms with Crippen molar-refractivity contribution in [2.24, 2.45) is 0 Å². The van der Waals surface area contributed by atoms with Crippen LogP contribution in [0.25, 0.3) is 0 Å². The Morgan fingerprint density at radius 1 is 1.23 bits per heavy atom. The first kappa shape index (κ1) is 19.0. The van der Waals surface area contributed by atoms with Crippen molar-refractivity contribution in [3.8, 4) is 17.6 Å². The number of para-hydroxylation sites is 1. The second kappa shape index (κ2) is 9.77. The van der Waals surface area contributed by atoms with Gasteiger partial charge >= 0.3 is 0 Å². The van der Waals surface area contributed by atoms with Gasteiger partial charge in [0.25, 0.3) is 0 Å². The Labute approximate surface area is 156 Å². The van der Waals surface area contributed by atoms with Gasteiger partial charge in [0.2, 0.25) is 0 Å². The average molecular weight is 359 g/mol. The first-order chi connectivity index (χ1) is 12.8. The van der Waals surface area contributed by atoms with Gasteiger partial charge < -0.3 is 14.2 Å². The first-order valence-electron chi connectivity index (χ1n) is 9.52. The number of piperazine rings is 1. The minimum atomic E-state index is 0.191. The molecule has 0 N–H and O–H groups in total. The second-order valence-electron chi connectivity index (χ2n) is 6.92. The summed E-state index contributed by atoms with van der Waals surface area (Å²) in [6.45, 7) is 7.18. The van der Waals surface area contributed by atoms with Gasteiger partial charge in [-0.2, -0.15) is 5.26 Å². The summed E-state index contributed by atoms with van der Waals surface area (Å²) in [5.74, 6) is 1.63. The second-order valence-corrected chi connectivity index (χ2v) is 6.92. The fourth-order valence-electron chi connectivity index (χ4n) is 3.58. The number of rotatable bonds is 8. The van der Waals surface area contributed by atoms with E-state index in [1.807, 2.05) is 12.1 Å². The van der Waals surface area contributed by atoms with Crippen LogP contribution in [0.2, 0.25) is 0 Å². The molecule has 2 heterocycles. The lowest BCUT2D eigenvalue weighted by Gasteiger charge is -2.34. The monoisotopic (exact) mass is 359 g/mol. The number of nitriles is 1. The Kier molecular flexibility index (Phi) is 7.13. The van der Waals surface area contributed by atoms with Crippen molar-refractivity contribution in [2.75, 3.05) is 53.0 Å². The number of benzene rings is 1. The molecule has 0 aliphatic carbocycles. The third-order valence-electron chi connectivity index (χ3n) is 5.12. The van der Waals surface area contributed by atoms with Gasteiger partial charge in [0, 0.05) is 57.9 Å². The molecule has 0 spiro atoms. The predicted octanol–water partition coefficient (Wildman–Crippen LogP) is 2.28. The highest BCUT2D eigenvalue weighted by atomic mass is 16.5. The number of hydrogen-bond donors (Lipinski definition) is 0. The molecule has 0 aromatic heterocycles. The van der Waals surface area contributed by atoms with E-state index in [0.29, 0.717) is 13.0 Å². The number of hydrogen-bond acceptors (Lipinski definition) is 6. The van der Waals surface area contributed by atoms with E-state index in [1.54, 1.807) is 7.11 Å². The number of ether oxygens (including phenoxy) is 3. The standard InChI is InChI=1S/C20H29N3O3/c1-24-19-7-2-5-17(20(19)26-16-18-6-3-14-25-18)15-23-12-10-22(11-13-23)9-4-8-21/h2,5,7,18H,3-4,6,9-16H2,1H3. The van der Waals surface area contributed by atoms with Crippen LogP contribution in [0.5, 0.6) is 11.5 Å². The maximum atomic E-state index is 8.73. The van der Waals surface area contributed by atoms with Gasteiger partial charge in [-0.3, -0.25) is 9.80 Å². The molecule has 26 heavy (non-hydrogen) atoms. The molecule has 1 aromatic carbocycles. The van der Waals surface area contributed by atoms with Crippen LogP contribution in [0.1, 0.15) is 24.8 Å². The smallest absolute Gasteiger partial charge is 0.165 e. The van der Waals surface area contributed by atoms with Crippen LogP contribution >= 0.6 is 0 Å². The molecule has 0 saturated carbocycles. The first-order valence-corrected chi connectivity index (χ1v) is 9.52. The fraction of sp³-hybridized carbons (Fsp3) is 0.650. The van der Waals surface area contributed by atoms with Crippen molar-refractivity contribution in [1.29, 1.82) is 5.26 Å². The molecule has 1 unspecified atom stereocenters. The molecule has 2 fully saturated rings. The fourth-order valence-corrected chi connectivity index (χ4v) is 3.58. The molecule has 0 amide bonds. The number of nitrogens with zero attached hydrogens (tertiary/aromatic N) is 3. The van der Waals surface area contributed by atoms with E-state index >= 15 is 0 Å². The highest BCUT2D eigenvalue weighted by Gasteiger charge is 2.21. The SMILES string of the molecule is COc1cccc(CN2CCN(CCC#N)CC2)c1OCC1CCCO1. The predicted molar refractivity (Wildman–Crippen MR) is 99.4 cm³/mol. The normalized spacial score (nSPS) is 21.5. The van der Waals surface area contributed by atoms with E-state index in [-0.39, 0.29) is 6.10 Å². The van der Waals surface area contributed by atoms with Crippen LogP contribution < -0.4 is 9.47 Å². The van der Waals surface area contributed by atoms with Gasteiger partial charge in [-0.15, -0.1) is 0 Å². The van der Waals surface area contributed by atoms with E-state index in [2.05, 4.69) is 21.9 Å². The van der Waals surface area contributed by atoms with Gasteiger partial charge in [-0.05, 0) is 18.9 Å². The maximum Gasteiger partial charge on any atom is 0.165 e. The molecule has 2 aliphatic rings. The zero-order valence-corrected chi connectivity index (χ0v) is 15.7. The number of methoxy groups -OCH3 is 1.